The molecular weight excluding hydrogens is 310 g/mol. The second-order valence-corrected chi connectivity index (χ2v) is 6.09. The Morgan fingerprint density at radius 1 is 1.33 bits per heavy atom. The Kier molecular flexibility index (Phi) is 4.11. The molecule has 0 bridgehead atoms. The number of carboxylic acids is 1. The quantitative estimate of drug-likeness (QED) is 0.922. The molecule has 1 aliphatic rings. The lowest BCUT2D eigenvalue weighted by Gasteiger charge is -2.40. The standard InChI is InChI=1S/C17H19N3O4/c1-17(14-9-18-19(2)10-14)11-20(6-7-24-17)15(21)12-4-3-5-13(8-12)16(22)23/h3-5,8-10H,6-7,11H2,1-2H3,(H,22,23). The summed E-state index contributed by atoms with van der Waals surface area (Å²) in [5.41, 5.74) is 0.739. The van der Waals surface area contributed by atoms with Gasteiger partial charge in [0.1, 0.15) is 5.60 Å². The largest absolute Gasteiger partial charge is 0.478 e. The first-order chi connectivity index (χ1) is 11.4. The van der Waals surface area contributed by atoms with Crippen LogP contribution < -0.4 is 0 Å². The van der Waals surface area contributed by atoms with Crippen LogP contribution in [0.15, 0.2) is 36.7 Å². The van der Waals surface area contributed by atoms with Crippen LogP contribution in [0.3, 0.4) is 0 Å². The summed E-state index contributed by atoms with van der Waals surface area (Å²) >= 11 is 0. The highest BCUT2D eigenvalue weighted by Gasteiger charge is 2.37. The molecule has 0 spiro atoms. The van der Waals surface area contributed by atoms with Crippen molar-refractivity contribution >= 4 is 11.9 Å². The number of aromatic nitrogens is 2. The lowest BCUT2D eigenvalue weighted by atomic mass is 9.96. The number of aromatic carboxylic acids is 1. The van der Waals surface area contributed by atoms with Crippen LogP contribution in [0, 0.1) is 0 Å². The summed E-state index contributed by atoms with van der Waals surface area (Å²) in [7, 11) is 1.83. The fourth-order valence-corrected chi connectivity index (χ4v) is 2.88. The number of aryl methyl sites for hydroxylation is 1. The van der Waals surface area contributed by atoms with E-state index in [1.165, 1.54) is 12.1 Å². The van der Waals surface area contributed by atoms with Crippen molar-refractivity contribution in [1.82, 2.24) is 14.7 Å². The number of hydrogen-bond donors (Lipinski definition) is 1. The molecule has 7 nitrogen and oxygen atoms in total. The van der Waals surface area contributed by atoms with E-state index in [0.717, 1.165) is 5.56 Å². The lowest BCUT2D eigenvalue weighted by Crippen LogP contribution is -2.50. The van der Waals surface area contributed by atoms with E-state index in [1.54, 1.807) is 27.9 Å². The zero-order valence-electron chi connectivity index (χ0n) is 13.6. The lowest BCUT2D eigenvalue weighted by molar-refractivity contribution is -0.0931. The van der Waals surface area contributed by atoms with Crippen LogP contribution in [0.5, 0.6) is 0 Å². The summed E-state index contributed by atoms with van der Waals surface area (Å²) in [6, 6.07) is 6.09. The first kappa shape index (κ1) is 16.2. The van der Waals surface area contributed by atoms with E-state index in [1.807, 2.05) is 20.2 Å². The van der Waals surface area contributed by atoms with Gasteiger partial charge >= 0.3 is 5.97 Å². The maximum Gasteiger partial charge on any atom is 0.335 e. The molecule has 7 heteroatoms. The number of carbonyl (C=O) groups excluding carboxylic acids is 1. The Morgan fingerprint density at radius 3 is 2.75 bits per heavy atom. The molecule has 2 heterocycles. The molecule has 0 aliphatic carbocycles. The van der Waals surface area contributed by atoms with Crippen molar-refractivity contribution in [3.8, 4) is 0 Å². The summed E-state index contributed by atoms with van der Waals surface area (Å²) < 4.78 is 7.60. The molecule has 1 aromatic heterocycles. The average molecular weight is 329 g/mol. The minimum absolute atomic E-state index is 0.101. The third kappa shape index (κ3) is 3.03. The van der Waals surface area contributed by atoms with E-state index in [0.29, 0.717) is 25.3 Å². The van der Waals surface area contributed by atoms with Crippen LogP contribution in [-0.2, 0) is 17.4 Å². The highest BCUT2D eigenvalue weighted by molar-refractivity contribution is 5.97. The second-order valence-electron chi connectivity index (χ2n) is 6.09. The molecule has 1 N–H and O–H groups in total. The molecule has 1 aromatic carbocycles. The predicted molar refractivity (Wildman–Crippen MR) is 85.8 cm³/mol. The van der Waals surface area contributed by atoms with Crippen LogP contribution in [-0.4, -0.2) is 51.4 Å². The van der Waals surface area contributed by atoms with Crippen LogP contribution in [0.4, 0.5) is 0 Å². The molecule has 126 valence electrons. The first-order valence-corrected chi connectivity index (χ1v) is 7.65. The van der Waals surface area contributed by atoms with Gasteiger partial charge in [0, 0.05) is 30.9 Å². The molecule has 0 radical (unpaired) electrons. The van der Waals surface area contributed by atoms with E-state index in [9.17, 15) is 9.59 Å². The van der Waals surface area contributed by atoms with Crippen LogP contribution in [0.2, 0.25) is 0 Å². The number of amides is 1. The zero-order chi connectivity index (χ0) is 17.3. The van der Waals surface area contributed by atoms with Gasteiger partial charge in [0.25, 0.3) is 5.91 Å². The van der Waals surface area contributed by atoms with Gasteiger partial charge in [-0.2, -0.15) is 5.10 Å². The van der Waals surface area contributed by atoms with Gasteiger partial charge in [-0.05, 0) is 25.1 Å². The summed E-state index contributed by atoms with van der Waals surface area (Å²) in [6.45, 7) is 3.19. The maximum absolute atomic E-state index is 12.8. The minimum atomic E-state index is -1.05. The van der Waals surface area contributed by atoms with Gasteiger partial charge in [-0.3, -0.25) is 9.48 Å². The zero-order valence-corrected chi connectivity index (χ0v) is 13.6. The van der Waals surface area contributed by atoms with E-state index in [4.69, 9.17) is 9.84 Å². The molecule has 1 atom stereocenters. The molecule has 0 saturated carbocycles. The fraction of sp³-hybridized carbons (Fsp3) is 0.353. The Hall–Kier alpha value is -2.67. The molecule has 1 saturated heterocycles. The molecule has 24 heavy (non-hydrogen) atoms. The number of ether oxygens (including phenoxy) is 1. The minimum Gasteiger partial charge on any atom is -0.478 e. The van der Waals surface area contributed by atoms with Crippen LogP contribution in [0.25, 0.3) is 0 Å². The van der Waals surface area contributed by atoms with Crippen molar-refractivity contribution in [3.05, 3.63) is 53.3 Å². The smallest absolute Gasteiger partial charge is 0.335 e. The number of benzene rings is 1. The number of nitrogens with zero attached hydrogens (tertiary/aromatic N) is 3. The highest BCUT2D eigenvalue weighted by Crippen LogP contribution is 2.29. The van der Waals surface area contributed by atoms with Crippen molar-refractivity contribution in [2.45, 2.75) is 12.5 Å². The van der Waals surface area contributed by atoms with Gasteiger partial charge in [-0.1, -0.05) is 6.07 Å². The number of hydrogen-bond acceptors (Lipinski definition) is 4. The average Bonchev–Trinajstić information content (AvgIpc) is 3.02. The Bertz CT molecular complexity index is 786. The molecule has 1 amide bonds. The maximum atomic E-state index is 12.8. The predicted octanol–water partition coefficient (Wildman–Crippen LogP) is 1.51. The molecule has 1 unspecified atom stereocenters. The van der Waals surface area contributed by atoms with Gasteiger partial charge in [-0.15, -0.1) is 0 Å². The van der Waals surface area contributed by atoms with Crippen LogP contribution in [0.1, 0.15) is 33.2 Å². The van der Waals surface area contributed by atoms with E-state index >= 15 is 0 Å². The Morgan fingerprint density at radius 2 is 2.08 bits per heavy atom. The van der Waals surface area contributed by atoms with Crippen LogP contribution >= 0.6 is 0 Å². The fourth-order valence-electron chi connectivity index (χ4n) is 2.88. The van der Waals surface area contributed by atoms with Gasteiger partial charge in [0.05, 0.1) is 24.9 Å². The number of rotatable bonds is 3. The van der Waals surface area contributed by atoms with Crippen molar-refractivity contribution in [3.63, 3.8) is 0 Å². The third-order valence-electron chi connectivity index (χ3n) is 4.23. The molecular formula is C17H19N3O4. The van der Waals surface area contributed by atoms with Gasteiger partial charge in [0.2, 0.25) is 0 Å². The van der Waals surface area contributed by atoms with Gasteiger partial charge in [-0.25, -0.2) is 4.79 Å². The SMILES string of the molecule is Cn1cc(C2(C)CN(C(=O)c3cccc(C(=O)O)c3)CCO2)cn1. The van der Waals surface area contributed by atoms with Crippen molar-refractivity contribution in [1.29, 1.82) is 0 Å². The highest BCUT2D eigenvalue weighted by atomic mass is 16.5. The first-order valence-electron chi connectivity index (χ1n) is 7.65. The Labute approximate surface area is 139 Å². The Balaban J connectivity index is 1.83. The number of carbonyl (C=O) groups is 2. The molecule has 3 rings (SSSR count). The van der Waals surface area contributed by atoms with Gasteiger partial charge < -0.3 is 14.7 Å². The van der Waals surface area contributed by atoms with Crippen molar-refractivity contribution < 1.29 is 19.4 Å². The number of morpholine rings is 1. The summed E-state index contributed by atoms with van der Waals surface area (Å²) in [6.07, 6.45) is 3.61. The van der Waals surface area contributed by atoms with E-state index in [2.05, 4.69) is 5.10 Å². The number of carboxylic acid groups (broad SMARTS) is 1. The summed E-state index contributed by atoms with van der Waals surface area (Å²) in [4.78, 5) is 25.5. The van der Waals surface area contributed by atoms with Crippen molar-refractivity contribution in [2.24, 2.45) is 7.05 Å². The van der Waals surface area contributed by atoms with E-state index in [-0.39, 0.29) is 11.5 Å². The second kappa shape index (κ2) is 6.09. The van der Waals surface area contributed by atoms with Crippen molar-refractivity contribution in [2.75, 3.05) is 19.7 Å². The molecule has 1 aliphatic heterocycles. The summed E-state index contributed by atoms with van der Waals surface area (Å²) in [5, 5.41) is 13.2. The summed E-state index contributed by atoms with van der Waals surface area (Å²) in [5.74, 6) is -1.25. The van der Waals surface area contributed by atoms with Gasteiger partial charge in [0.15, 0.2) is 0 Å². The van der Waals surface area contributed by atoms with E-state index < -0.39 is 11.6 Å². The monoisotopic (exact) mass is 329 g/mol. The third-order valence-corrected chi connectivity index (χ3v) is 4.23. The molecule has 1 fully saturated rings. The normalized spacial score (nSPS) is 20.8. The molecule has 2 aromatic rings. The topological polar surface area (TPSA) is 84.7 Å².